The summed E-state index contributed by atoms with van der Waals surface area (Å²) in [5.74, 6) is -0.976. The molecule has 1 aliphatic carbocycles. The highest BCUT2D eigenvalue weighted by molar-refractivity contribution is 7.10. The minimum Gasteiger partial charge on any atom is -0.478 e. The van der Waals surface area contributed by atoms with Gasteiger partial charge in [0.1, 0.15) is 5.60 Å². The average Bonchev–Trinajstić information content (AvgIpc) is 2.88. The monoisotopic (exact) mass is 288 g/mol. The van der Waals surface area contributed by atoms with E-state index in [1.54, 1.807) is 11.4 Å². The standard InChI is InChI=1S/C16H16O3S/c17-15(18)12-8-10-20-14(12)16(19)9-4-3-6-11-5-1-2-7-13(11)16/h1-2,5,7-8,10,19H,3-4,6,9H2,(H,17,18). The molecule has 104 valence electrons. The molecule has 1 aliphatic rings. The molecule has 3 nitrogen and oxygen atoms in total. The molecular weight excluding hydrogens is 272 g/mol. The van der Waals surface area contributed by atoms with E-state index >= 15 is 0 Å². The molecule has 0 fully saturated rings. The molecule has 2 aromatic rings. The van der Waals surface area contributed by atoms with Gasteiger partial charge in [-0.3, -0.25) is 0 Å². The number of rotatable bonds is 2. The third kappa shape index (κ3) is 2.05. The molecule has 1 aromatic carbocycles. The van der Waals surface area contributed by atoms with Crippen molar-refractivity contribution in [1.29, 1.82) is 0 Å². The van der Waals surface area contributed by atoms with Crippen molar-refractivity contribution in [3.8, 4) is 0 Å². The van der Waals surface area contributed by atoms with Crippen LogP contribution in [0, 0.1) is 0 Å². The van der Waals surface area contributed by atoms with Crippen molar-refractivity contribution in [2.45, 2.75) is 31.3 Å². The molecule has 20 heavy (non-hydrogen) atoms. The highest BCUT2D eigenvalue weighted by Crippen LogP contribution is 2.43. The van der Waals surface area contributed by atoms with Crippen molar-refractivity contribution < 1.29 is 15.0 Å². The molecule has 1 heterocycles. The van der Waals surface area contributed by atoms with E-state index in [0.29, 0.717) is 11.3 Å². The summed E-state index contributed by atoms with van der Waals surface area (Å²) in [6, 6.07) is 9.40. The third-order valence-corrected chi connectivity index (χ3v) is 5.03. The number of hydrogen-bond acceptors (Lipinski definition) is 3. The van der Waals surface area contributed by atoms with E-state index in [4.69, 9.17) is 0 Å². The van der Waals surface area contributed by atoms with Crippen molar-refractivity contribution in [2.75, 3.05) is 0 Å². The van der Waals surface area contributed by atoms with E-state index in [1.165, 1.54) is 11.3 Å². The molecule has 3 rings (SSSR count). The van der Waals surface area contributed by atoms with Gasteiger partial charge < -0.3 is 10.2 Å². The molecule has 0 saturated carbocycles. The number of carboxylic acid groups (broad SMARTS) is 1. The van der Waals surface area contributed by atoms with Gasteiger partial charge in [-0.25, -0.2) is 4.79 Å². The minimum absolute atomic E-state index is 0.217. The van der Waals surface area contributed by atoms with Crippen molar-refractivity contribution in [2.24, 2.45) is 0 Å². The summed E-state index contributed by atoms with van der Waals surface area (Å²) in [7, 11) is 0. The number of thiophene rings is 1. The lowest BCUT2D eigenvalue weighted by Crippen LogP contribution is -2.28. The maximum absolute atomic E-state index is 11.4. The molecular formula is C16H16O3S. The van der Waals surface area contributed by atoms with Crippen LogP contribution in [0.5, 0.6) is 0 Å². The van der Waals surface area contributed by atoms with E-state index < -0.39 is 11.6 Å². The zero-order chi connectivity index (χ0) is 14.2. The summed E-state index contributed by atoms with van der Waals surface area (Å²) < 4.78 is 0. The van der Waals surface area contributed by atoms with Crippen LogP contribution in [0.1, 0.15) is 45.6 Å². The Morgan fingerprint density at radius 2 is 2.00 bits per heavy atom. The Balaban J connectivity index is 2.20. The van der Waals surface area contributed by atoms with Crippen LogP contribution in [0.3, 0.4) is 0 Å². The molecule has 1 atom stereocenters. The van der Waals surface area contributed by atoms with Crippen molar-refractivity contribution in [3.63, 3.8) is 0 Å². The van der Waals surface area contributed by atoms with Crippen LogP contribution in [0.25, 0.3) is 0 Å². The first-order valence-corrected chi connectivity index (χ1v) is 7.63. The Labute approximate surface area is 121 Å². The minimum atomic E-state index is -1.17. The molecule has 1 unspecified atom stereocenters. The Kier molecular flexibility index (Phi) is 3.36. The Bertz CT molecular complexity index is 647. The van der Waals surface area contributed by atoms with E-state index in [-0.39, 0.29) is 5.56 Å². The van der Waals surface area contributed by atoms with Gasteiger partial charge in [-0.2, -0.15) is 0 Å². The normalized spacial score (nSPS) is 22.1. The molecule has 0 saturated heterocycles. The van der Waals surface area contributed by atoms with E-state index in [0.717, 1.165) is 30.4 Å². The van der Waals surface area contributed by atoms with E-state index in [2.05, 4.69) is 0 Å². The highest BCUT2D eigenvalue weighted by atomic mass is 32.1. The highest BCUT2D eigenvalue weighted by Gasteiger charge is 2.38. The topological polar surface area (TPSA) is 57.5 Å². The maximum atomic E-state index is 11.4. The summed E-state index contributed by atoms with van der Waals surface area (Å²) in [6.07, 6.45) is 3.42. The average molecular weight is 288 g/mol. The van der Waals surface area contributed by atoms with Crippen LogP contribution in [-0.2, 0) is 12.0 Å². The second-order valence-corrected chi connectivity index (χ2v) is 6.11. The molecule has 0 spiro atoms. The van der Waals surface area contributed by atoms with Gasteiger partial charge in [0.2, 0.25) is 0 Å². The second kappa shape index (κ2) is 5.04. The number of aryl methyl sites for hydroxylation is 1. The number of aliphatic hydroxyl groups is 1. The largest absolute Gasteiger partial charge is 0.478 e. The molecule has 0 aliphatic heterocycles. The first-order valence-electron chi connectivity index (χ1n) is 6.75. The van der Waals surface area contributed by atoms with E-state index in [9.17, 15) is 15.0 Å². The fourth-order valence-electron chi connectivity index (χ4n) is 3.01. The Hall–Kier alpha value is -1.65. The first kappa shape index (κ1) is 13.3. The third-order valence-electron chi connectivity index (χ3n) is 3.97. The first-order chi connectivity index (χ1) is 9.63. The van der Waals surface area contributed by atoms with E-state index in [1.807, 2.05) is 24.3 Å². The van der Waals surface area contributed by atoms with Gasteiger partial charge in [-0.15, -0.1) is 11.3 Å². The van der Waals surface area contributed by atoms with Crippen LogP contribution >= 0.6 is 11.3 Å². The molecule has 1 aromatic heterocycles. The van der Waals surface area contributed by atoms with Gasteiger partial charge in [0.05, 0.1) is 10.4 Å². The van der Waals surface area contributed by atoms with Crippen molar-refractivity contribution in [1.82, 2.24) is 0 Å². The zero-order valence-electron chi connectivity index (χ0n) is 11.0. The maximum Gasteiger partial charge on any atom is 0.336 e. The Morgan fingerprint density at radius 3 is 2.80 bits per heavy atom. The number of benzene rings is 1. The number of carbonyl (C=O) groups is 1. The molecule has 4 heteroatoms. The van der Waals surface area contributed by atoms with Crippen LogP contribution in [0.4, 0.5) is 0 Å². The van der Waals surface area contributed by atoms with Gasteiger partial charge in [-0.1, -0.05) is 24.3 Å². The number of hydrogen-bond donors (Lipinski definition) is 2. The van der Waals surface area contributed by atoms with Gasteiger partial charge in [0, 0.05) is 0 Å². The predicted molar refractivity (Wildman–Crippen MR) is 78.3 cm³/mol. The lowest BCUT2D eigenvalue weighted by Gasteiger charge is -2.28. The van der Waals surface area contributed by atoms with Crippen LogP contribution in [-0.4, -0.2) is 16.2 Å². The summed E-state index contributed by atoms with van der Waals surface area (Å²) in [6.45, 7) is 0. The second-order valence-electron chi connectivity index (χ2n) is 5.19. The fourth-order valence-corrected chi connectivity index (χ4v) is 4.04. The summed E-state index contributed by atoms with van der Waals surface area (Å²) in [5, 5.41) is 22.3. The SMILES string of the molecule is O=C(O)c1ccsc1C1(O)CCCCc2ccccc21. The van der Waals surface area contributed by atoms with Crippen LogP contribution < -0.4 is 0 Å². The van der Waals surface area contributed by atoms with Gasteiger partial charge in [-0.05, 0) is 48.3 Å². The van der Waals surface area contributed by atoms with Gasteiger partial charge in [0.25, 0.3) is 0 Å². The smallest absolute Gasteiger partial charge is 0.336 e. The fraction of sp³-hybridized carbons (Fsp3) is 0.312. The summed E-state index contributed by atoms with van der Waals surface area (Å²) in [5.41, 5.74) is 1.03. The Morgan fingerprint density at radius 1 is 1.20 bits per heavy atom. The van der Waals surface area contributed by atoms with Crippen LogP contribution in [0.15, 0.2) is 35.7 Å². The molecule has 0 radical (unpaired) electrons. The molecule has 0 amide bonds. The van der Waals surface area contributed by atoms with Gasteiger partial charge >= 0.3 is 5.97 Å². The number of carboxylic acids is 1. The number of aromatic carboxylic acids is 1. The van der Waals surface area contributed by atoms with Gasteiger partial charge in [0.15, 0.2) is 0 Å². The lowest BCUT2D eigenvalue weighted by molar-refractivity contribution is 0.0623. The molecule has 2 N–H and O–H groups in total. The predicted octanol–water partition coefficient (Wildman–Crippen LogP) is 3.41. The lowest BCUT2D eigenvalue weighted by atomic mass is 9.85. The summed E-state index contributed by atoms with van der Waals surface area (Å²) in [4.78, 5) is 11.9. The quantitative estimate of drug-likeness (QED) is 0.833. The van der Waals surface area contributed by atoms with Crippen LogP contribution in [0.2, 0.25) is 0 Å². The summed E-state index contributed by atoms with van der Waals surface area (Å²) >= 11 is 1.33. The number of fused-ring (bicyclic) bond motifs is 1. The molecule has 0 bridgehead atoms. The van der Waals surface area contributed by atoms with Crippen molar-refractivity contribution >= 4 is 17.3 Å². The van der Waals surface area contributed by atoms with Crippen molar-refractivity contribution in [3.05, 3.63) is 57.3 Å². The zero-order valence-corrected chi connectivity index (χ0v) is 11.8.